The van der Waals surface area contributed by atoms with Crippen LogP contribution in [-0.2, 0) is 10.1 Å². The zero-order valence-corrected chi connectivity index (χ0v) is 9.65. The molecule has 0 bridgehead atoms. The molecular formula is C9H13NaO3S2. The van der Waals surface area contributed by atoms with Crippen molar-refractivity contribution in [2.45, 2.75) is 23.6 Å². The van der Waals surface area contributed by atoms with E-state index in [0.717, 1.165) is 5.75 Å². The van der Waals surface area contributed by atoms with Gasteiger partial charge in [0.15, 0.2) is 0 Å². The normalized spacial score (nSPS) is 10.9. The third-order valence-corrected chi connectivity index (χ3v) is 3.86. The molecule has 0 aromatic heterocycles. The topological polar surface area (TPSA) is 54.4 Å². The summed E-state index contributed by atoms with van der Waals surface area (Å²) >= 11 is 1.40. The molecule has 0 spiro atoms. The molecule has 1 N–H and O–H groups in total. The van der Waals surface area contributed by atoms with E-state index in [1.54, 1.807) is 25.1 Å². The standard InChI is InChI=1S/C9H12O3S2.Na.H/c1-3-13-8-6-4-5-7(2)9(8)14(10,11)12;;/h4-6H,3H2,1-2H3,(H,10,11,12);;. The van der Waals surface area contributed by atoms with Gasteiger partial charge in [-0.05, 0) is 24.3 Å². The Morgan fingerprint density at radius 2 is 2.00 bits per heavy atom. The van der Waals surface area contributed by atoms with E-state index in [-0.39, 0.29) is 34.5 Å². The van der Waals surface area contributed by atoms with Gasteiger partial charge in [-0.25, -0.2) is 0 Å². The molecule has 3 nitrogen and oxygen atoms in total. The fraction of sp³-hybridized carbons (Fsp3) is 0.333. The van der Waals surface area contributed by atoms with Crippen molar-refractivity contribution in [3.05, 3.63) is 23.8 Å². The van der Waals surface area contributed by atoms with Crippen molar-refractivity contribution in [3.63, 3.8) is 0 Å². The number of thioether (sulfide) groups is 1. The van der Waals surface area contributed by atoms with Gasteiger partial charge in [0.25, 0.3) is 10.1 Å². The minimum absolute atomic E-state index is 0. The number of hydrogen-bond acceptors (Lipinski definition) is 3. The van der Waals surface area contributed by atoms with E-state index in [2.05, 4.69) is 0 Å². The quantitative estimate of drug-likeness (QED) is 0.508. The van der Waals surface area contributed by atoms with Gasteiger partial charge in [0.05, 0.1) is 0 Å². The molecule has 6 heteroatoms. The molecule has 0 saturated heterocycles. The third-order valence-electron chi connectivity index (χ3n) is 1.73. The van der Waals surface area contributed by atoms with E-state index in [4.69, 9.17) is 4.55 Å². The van der Waals surface area contributed by atoms with Gasteiger partial charge in [-0.15, -0.1) is 11.8 Å². The third kappa shape index (κ3) is 4.09. The first-order valence-corrected chi connectivity index (χ1v) is 6.59. The molecule has 0 saturated carbocycles. The van der Waals surface area contributed by atoms with Crippen molar-refractivity contribution in [1.82, 2.24) is 0 Å². The van der Waals surface area contributed by atoms with Crippen LogP contribution in [0.3, 0.4) is 0 Å². The van der Waals surface area contributed by atoms with Gasteiger partial charge in [-0.2, -0.15) is 8.42 Å². The van der Waals surface area contributed by atoms with Crippen molar-refractivity contribution < 1.29 is 13.0 Å². The molecule has 1 aromatic carbocycles. The van der Waals surface area contributed by atoms with Gasteiger partial charge in [0.1, 0.15) is 4.90 Å². The van der Waals surface area contributed by atoms with Crippen molar-refractivity contribution in [2.24, 2.45) is 0 Å². The monoisotopic (exact) mass is 256 g/mol. The van der Waals surface area contributed by atoms with Crippen molar-refractivity contribution in [2.75, 3.05) is 5.75 Å². The predicted molar refractivity (Wildman–Crippen MR) is 64.5 cm³/mol. The Hall–Kier alpha value is 0.480. The minimum atomic E-state index is -4.11. The summed E-state index contributed by atoms with van der Waals surface area (Å²) in [4.78, 5) is 0.641. The summed E-state index contributed by atoms with van der Waals surface area (Å²) in [6, 6.07) is 5.15. The van der Waals surface area contributed by atoms with Crippen LogP contribution in [0.4, 0.5) is 0 Å². The van der Waals surface area contributed by atoms with Gasteiger partial charge < -0.3 is 0 Å². The molecule has 0 aliphatic heterocycles. The Balaban J connectivity index is 0.00000196. The first-order valence-electron chi connectivity index (χ1n) is 4.16. The van der Waals surface area contributed by atoms with Crippen molar-refractivity contribution in [3.8, 4) is 0 Å². The Morgan fingerprint density at radius 1 is 1.40 bits per heavy atom. The van der Waals surface area contributed by atoms with Crippen LogP contribution in [0.15, 0.2) is 28.0 Å². The van der Waals surface area contributed by atoms with E-state index in [9.17, 15) is 8.42 Å². The van der Waals surface area contributed by atoms with E-state index in [0.29, 0.717) is 10.5 Å². The molecule has 1 rings (SSSR count). The molecular weight excluding hydrogens is 243 g/mol. The molecule has 0 radical (unpaired) electrons. The number of rotatable bonds is 3. The van der Waals surface area contributed by atoms with E-state index in [1.165, 1.54) is 11.8 Å². The van der Waals surface area contributed by atoms with E-state index >= 15 is 0 Å². The number of aryl methyl sites for hydroxylation is 1. The van der Waals surface area contributed by atoms with Crippen molar-refractivity contribution in [1.29, 1.82) is 0 Å². The second kappa shape index (κ2) is 6.27. The maximum atomic E-state index is 11.1. The van der Waals surface area contributed by atoms with Crippen LogP contribution in [0.25, 0.3) is 0 Å². The fourth-order valence-corrected chi connectivity index (χ4v) is 3.29. The fourth-order valence-electron chi connectivity index (χ4n) is 1.23. The van der Waals surface area contributed by atoms with Gasteiger partial charge in [-0.1, -0.05) is 19.1 Å². The molecule has 0 aliphatic carbocycles. The number of hydrogen-bond donors (Lipinski definition) is 1. The van der Waals surface area contributed by atoms with Crippen LogP contribution in [0.1, 0.15) is 12.5 Å². The summed E-state index contributed by atoms with van der Waals surface area (Å²) in [6.07, 6.45) is 0. The second-order valence-corrected chi connectivity index (χ2v) is 5.47. The molecule has 1 aromatic rings. The van der Waals surface area contributed by atoms with Gasteiger partial charge >= 0.3 is 29.6 Å². The second-order valence-electron chi connectivity index (χ2n) is 2.81. The summed E-state index contributed by atoms with van der Waals surface area (Å²) in [5.41, 5.74) is 0.575. The molecule has 0 heterocycles. The Morgan fingerprint density at radius 3 is 2.47 bits per heavy atom. The van der Waals surface area contributed by atoms with Crippen LogP contribution in [0.5, 0.6) is 0 Å². The van der Waals surface area contributed by atoms with Crippen LogP contribution < -0.4 is 0 Å². The summed E-state index contributed by atoms with van der Waals surface area (Å²) in [7, 11) is -4.11. The molecule has 0 aliphatic rings. The molecule has 15 heavy (non-hydrogen) atoms. The summed E-state index contributed by atoms with van der Waals surface area (Å²) < 4.78 is 31.2. The first-order chi connectivity index (χ1) is 6.46. The van der Waals surface area contributed by atoms with Crippen molar-refractivity contribution >= 4 is 51.4 Å². The summed E-state index contributed by atoms with van der Waals surface area (Å²) in [5, 5.41) is 0. The molecule has 0 fully saturated rings. The van der Waals surface area contributed by atoms with E-state index in [1.807, 2.05) is 6.92 Å². The van der Waals surface area contributed by atoms with Crippen LogP contribution in [0.2, 0.25) is 0 Å². The molecule has 0 atom stereocenters. The molecule has 0 amide bonds. The predicted octanol–water partition coefficient (Wildman–Crippen LogP) is 1.71. The van der Waals surface area contributed by atoms with E-state index < -0.39 is 10.1 Å². The Kier molecular flexibility index (Phi) is 6.47. The van der Waals surface area contributed by atoms with Crippen LogP contribution >= 0.6 is 11.8 Å². The zero-order chi connectivity index (χ0) is 10.8. The summed E-state index contributed by atoms with van der Waals surface area (Å²) in [6.45, 7) is 3.60. The first kappa shape index (κ1) is 15.5. The van der Waals surface area contributed by atoms with Gasteiger partial charge in [-0.3, -0.25) is 4.55 Å². The average Bonchev–Trinajstić information content (AvgIpc) is 2.02. The Bertz CT molecular complexity index is 429. The molecule has 80 valence electrons. The SMILES string of the molecule is CCSc1cccc(C)c1S(=O)(=O)O.[NaH]. The van der Waals surface area contributed by atoms with Gasteiger partial charge in [0, 0.05) is 4.90 Å². The zero-order valence-electron chi connectivity index (χ0n) is 8.02. The summed E-state index contributed by atoms with van der Waals surface area (Å²) in [5.74, 6) is 0.770. The van der Waals surface area contributed by atoms with Crippen LogP contribution in [-0.4, -0.2) is 48.3 Å². The molecule has 0 unspecified atom stereocenters. The average molecular weight is 256 g/mol. The van der Waals surface area contributed by atoms with Crippen LogP contribution in [0, 0.1) is 6.92 Å². The maximum absolute atomic E-state index is 11.1. The Labute approximate surface area is 117 Å². The van der Waals surface area contributed by atoms with Gasteiger partial charge in [0.2, 0.25) is 0 Å². The number of benzene rings is 1.